The number of carbonyl (C=O) groups excluding carboxylic acids is 1. The zero-order valence-electron chi connectivity index (χ0n) is 10.2. The molecule has 0 aliphatic heterocycles. The first-order chi connectivity index (χ1) is 9.26. The van der Waals surface area contributed by atoms with Gasteiger partial charge in [-0.3, -0.25) is 4.79 Å². The summed E-state index contributed by atoms with van der Waals surface area (Å²) in [5.41, 5.74) is 8.86. The number of hydrogen-bond donors (Lipinski definition) is 2. The van der Waals surface area contributed by atoms with Crippen LogP contribution in [0.5, 0.6) is 0 Å². The predicted octanol–water partition coefficient (Wildman–Crippen LogP) is 2.42. The number of carbonyl (C=O) groups is 1. The highest BCUT2D eigenvalue weighted by molar-refractivity contribution is 7.16. The number of benzene rings is 1. The number of oxazole rings is 1. The lowest BCUT2D eigenvalue weighted by molar-refractivity contribution is 0.102. The van der Waals surface area contributed by atoms with E-state index < -0.39 is 0 Å². The van der Waals surface area contributed by atoms with E-state index in [0.29, 0.717) is 11.6 Å². The summed E-state index contributed by atoms with van der Waals surface area (Å²) in [7, 11) is 0. The summed E-state index contributed by atoms with van der Waals surface area (Å²) in [6.07, 6.45) is 1.29. The average Bonchev–Trinajstić information content (AvgIpc) is 3.06. The zero-order valence-corrected chi connectivity index (χ0v) is 11.8. The van der Waals surface area contributed by atoms with E-state index in [9.17, 15) is 4.79 Å². The maximum Gasteiger partial charge on any atom is 0.277 e. The fraction of sp³-hybridized carbons (Fsp3) is 0.0833. The first-order valence-electron chi connectivity index (χ1n) is 5.55. The van der Waals surface area contributed by atoms with Gasteiger partial charge in [0.05, 0.1) is 22.3 Å². The molecule has 0 saturated carbocycles. The molecule has 3 aromatic rings. The molecule has 0 aliphatic carbocycles. The van der Waals surface area contributed by atoms with Crippen LogP contribution in [0.4, 0.5) is 5.69 Å². The van der Waals surface area contributed by atoms with Crippen molar-refractivity contribution in [1.29, 1.82) is 0 Å². The number of halogens is 1. The maximum absolute atomic E-state index is 11.9. The summed E-state index contributed by atoms with van der Waals surface area (Å²) in [4.78, 5) is 20.1. The second-order valence-corrected chi connectivity index (χ2v) is 4.71. The van der Waals surface area contributed by atoms with E-state index in [1.54, 1.807) is 16.8 Å². The monoisotopic (exact) mass is 310 g/mol. The molecule has 0 unspecified atom stereocenters. The van der Waals surface area contributed by atoms with Crippen LogP contribution in [0.1, 0.15) is 16.4 Å². The van der Waals surface area contributed by atoms with Crippen LogP contribution in [0.3, 0.4) is 0 Å². The fourth-order valence-electron chi connectivity index (χ4n) is 1.64. The van der Waals surface area contributed by atoms with Crippen molar-refractivity contribution >= 4 is 45.6 Å². The van der Waals surface area contributed by atoms with E-state index in [2.05, 4.69) is 15.3 Å². The number of nitrogens with zero attached hydrogens (tertiary/aromatic N) is 2. The van der Waals surface area contributed by atoms with Crippen molar-refractivity contribution in [3.05, 3.63) is 41.6 Å². The molecular formula is C12H11ClN4O2S. The normalized spacial score (nSPS) is 10.2. The van der Waals surface area contributed by atoms with Crippen molar-refractivity contribution in [2.24, 2.45) is 5.73 Å². The molecule has 2 heterocycles. The summed E-state index contributed by atoms with van der Waals surface area (Å²) in [6, 6.07) is 5.55. The van der Waals surface area contributed by atoms with E-state index in [1.165, 1.54) is 6.26 Å². The van der Waals surface area contributed by atoms with Gasteiger partial charge in [0, 0.05) is 5.69 Å². The molecule has 2 aromatic heterocycles. The Morgan fingerprint density at radius 2 is 2.30 bits per heavy atom. The molecule has 3 N–H and O–H groups in total. The average molecular weight is 311 g/mol. The molecule has 1 aromatic carbocycles. The Labute approximate surface area is 124 Å². The van der Waals surface area contributed by atoms with Crippen molar-refractivity contribution < 1.29 is 9.21 Å². The Bertz CT molecular complexity index is 740. The van der Waals surface area contributed by atoms with Gasteiger partial charge in [0.2, 0.25) is 5.89 Å². The first-order valence-corrected chi connectivity index (χ1v) is 6.43. The Hall–Kier alpha value is -1.96. The maximum atomic E-state index is 11.9. The van der Waals surface area contributed by atoms with Crippen LogP contribution in [-0.2, 0) is 6.54 Å². The largest absolute Gasteiger partial charge is 0.447 e. The van der Waals surface area contributed by atoms with Crippen molar-refractivity contribution in [3.8, 4) is 0 Å². The molecule has 0 saturated heterocycles. The van der Waals surface area contributed by atoms with Gasteiger partial charge in [0.25, 0.3) is 5.91 Å². The molecular weight excluding hydrogens is 300 g/mol. The van der Waals surface area contributed by atoms with E-state index >= 15 is 0 Å². The molecule has 104 valence electrons. The summed E-state index contributed by atoms with van der Waals surface area (Å²) in [6.45, 7) is 0.165. The van der Waals surface area contributed by atoms with Gasteiger partial charge in [-0.2, -0.15) is 0 Å². The third kappa shape index (κ3) is 2.79. The molecule has 0 atom stereocenters. The molecule has 0 radical (unpaired) electrons. The quantitative estimate of drug-likeness (QED) is 0.774. The Kier molecular flexibility index (Phi) is 4.33. The molecule has 0 fully saturated rings. The summed E-state index contributed by atoms with van der Waals surface area (Å²) in [5.74, 6) is -0.00173. The molecule has 0 aliphatic rings. The minimum absolute atomic E-state index is 0. The molecule has 1 amide bonds. The van der Waals surface area contributed by atoms with Crippen LogP contribution in [0.25, 0.3) is 10.2 Å². The van der Waals surface area contributed by atoms with E-state index in [-0.39, 0.29) is 30.6 Å². The predicted molar refractivity (Wildman–Crippen MR) is 79.2 cm³/mol. The van der Waals surface area contributed by atoms with Gasteiger partial charge < -0.3 is 15.5 Å². The number of anilines is 1. The fourth-order valence-corrected chi connectivity index (χ4v) is 2.30. The van der Waals surface area contributed by atoms with Crippen LogP contribution in [-0.4, -0.2) is 15.9 Å². The minimum atomic E-state index is -0.335. The first kappa shape index (κ1) is 14.4. The van der Waals surface area contributed by atoms with Gasteiger partial charge in [-0.25, -0.2) is 9.97 Å². The molecule has 0 spiro atoms. The van der Waals surface area contributed by atoms with Crippen molar-refractivity contribution in [3.63, 3.8) is 0 Å². The number of hydrogen-bond acceptors (Lipinski definition) is 6. The minimum Gasteiger partial charge on any atom is -0.447 e. The summed E-state index contributed by atoms with van der Waals surface area (Å²) >= 11 is 1.55. The highest BCUT2D eigenvalue weighted by Crippen LogP contribution is 2.21. The van der Waals surface area contributed by atoms with E-state index in [0.717, 1.165) is 10.2 Å². The SMILES string of the molecule is Cl.NCc1nc(C(=O)Nc2ccc3scnc3c2)co1. The van der Waals surface area contributed by atoms with Crippen LogP contribution in [0.15, 0.2) is 34.4 Å². The molecule has 8 heteroatoms. The van der Waals surface area contributed by atoms with Gasteiger partial charge >= 0.3 is 0 Å². The molecule has 6 nitrogen and oxygen atoms in total. The second-order valence-electron chi connectivity index (χ2n) is 3.82. The van der Waals surface area contributed by atoms with Crippen LogP contribution in [0.2, 0.25) is 0 Å². The number of amides is 1. The third-order valence-corrected chi connectivity index (χ3v) is 3.36. The number of nitrogens with two attached hydrogens (primary N) is 1. The lowest BCUT2D eigenvalue weighted by Crippen LogP contribution is -2.12. The lowest BCUT2D eigenvalue weighted by Gasteiger charge is -2.02. The van der Waals surface area contributed by atoms with E-state index in [1.807, 2.05) is 18.2 Å². The van der Waals surface area contributed by atoms with Crippen LogP contribution >= 0.6 is 23.7 Å². The van der Waals surface area contributed by atoms with Crippen molar-refractivity contribution in [1.82, 2.24) is 9.97 Å². The Morgan fingerprint density at radius 3 is 3.05 bits per heavy atom. The highest BCUT2D eigenvalue weighted by atomic mass is 35.5. The van der Waals surface area contributed by atoms with Gasteiger partial charge in [0.15, 0.2) is 5.69 Å². The number of rotatable bonds is 3. The number of nitrogens with one attached hydrogen (secondary N) is 1. The molecule has 3 rings (SSSR count). The van der Waals surface area contributed by atoms with Crippen molar-refractivity contribution in [2.75, 3.05) is 5.32 Å². The standard InChI is InChI=1S/C12H10N4O2S.ClH/c13-4-11-16-9(5-18-11)12(17)15-7-1-2-10-8(3-7)14-6-19-10;/h1-3,5-6H,4,13H2,(H,15,17);1H. The smallest absolute Gasteiger partial charge is 0.277 e. The van der Waals surface area contributed by atoms with Gasteiger partial charge in [-0.15, -0.1) is 23.7 Å². The Balaban J connectivity index is 0.00000147. The third-order valence-electron chi connectivity index (χ3n) is 2.55. The van der Waals surface area contributed by atoms with Crippen LogP contribution < -0.4 is 11.1 Å². The van der Waals surface area contributed by atoms with Gasteiger partial charge in [-0.05, 0) is 18.2 Å². The number of thiazole rings is 1. The zero-order chi connectivity index (χ0) is 13.2. The van der Waals surface area contributed by atoms with Gasteiger partial charge in [-0.1, -0.05) is 0 Å². The van der Waals surface area contributed by atoms with E-state index in [4.69, 9.17) is 10.2 Å². The van der Waals surface area contributed by atoms with Crippen molar-refractivity contribution in [2.45, 2.75) is 6.54 Å². The topological polar surface area (TPSA) is 94.0 Å². The summed E-state index contributed by atoms with van der Waals surface area (Å²) in [5, 5.41) is 2.74. The van der Waals surface area contributed by atoms with Gasteiger partial charge in [0.1, 0.15) is 6.26 Å². The molecule has 20 heavy (non-hydrogen) atoms. The second kappa shape index (κ2) is 6.00. The number of fused-ring (bicyclic) bond motifs is 1. The molecule has 0 bridgehead atoms. The lowest BCUT2D eigenvalue weighted by atomic mass is 10.3. The highest BCUT2D eigenvalue weighted by Gasteiger charge is 2.12. The Morgan fingerprint density at radius 1 is 1.45 bits per heavy atom. The van der Waals surface area contributed by atoms with Crippen LogP contribution in [0, 0.1) is 0 Å². The number of aromatic nitrogens is 2. The summed E-state index contributed by atoms with van der Waals surface area (Å²) < 4.78 is 6.10.